The number of nitrogens with zero attached hydrogens (tertiary/aromatic N) is 2. The first-order valence-corrected chi connectivity index (χ1v) is 6.53. The van der Waals surface area contributed by atoms with Crippen LogP contribution < -0.4 is 5.73 Å². The Morgan fingerprint density at radius 2 is 2.21 bits per heavy atom. The number of nitrogens with one attached hydrogen (secondary N) is 1. The zero-order valence-corrected chi connectivity index (χ0v) is 10.6. The number of aromatic nitrogens is 3. The van der Waals surface area contributed by atoms with E-state index in [0.717, 1.165) is 28.2 Å². The van der Waals surface area contributed by atoms with Crippen molar-refractivity contribution < 1.29 is 9.21 Å². The quantitative estimate of drug-likeness (QED) is 0.707. The molecule has 0 spiro atoms. The van der Waals surface area contributed by atoms with E-state index in [1.807, 2.05) is 30.5 Å². The van der Waals surface area contributed by atoms with E-state index in [4.69, 9.17) is 10.2 Å². The van der Waals surface area contributed by atoms with Gasteiger partial charge in [0.2, 0.25) is 5.91 Å². The molecule has 0 saturated heterocycles. The molecule has 96 valence electrons. The van der Waals surface area contributed by atoms with E-state index in [-0.39, 0.29) is 5.75 Å². The minimum absolute atomic E-state index is 0.121. The molecule has 3 rings (SSSR count). The summed E-state index contributed by atoms with van der Waals surface area (Å²) in [6.07, 6.45) is 1.82. The molecule has 0 aliphatic carbocycles. The minimum atomic E-state index is -0.420. The van der Waals surface area contributed by atoms with Gasteiger partial charge in [-0.15, -0.1) is 10.2 Å². The first-order valence-electron chi connectivity index (χ1n) is 5.55. The Morgan fingerprint density at radius 3 is 3.05 bits per heavy atom. The van der Waals surface area contributed by atoms with Crippen LogP contribution in [0.25, 0.3) is 22.4 Å². The van der Waals surface area contributed by atoms with Crippen molar-refractivity contribution in [2.75, 3.05) is 5.75 Å². The number of hydrogen-bond donors (Lipinski definition) is 2. The van der Waals surface area contributed by atoms with Gasteiger partial charge in [0.05, 0.1) is 11.3 Å². The van der Waals surface area contributed by atoms with E-state index in [1.54, 1.807) is 0 Å². The van der Waals surface area contributed by atoms with E-state index in [2.05, 4.69) is 15.2 Å². The van der Waals surface area contributed by atoms with Crippen LogP contribution in [0.3, 0.4) is 0 Å². The summed E-state index contributed by atoms with van der Waals surface area (Å²) in [5.41, 5.74) is 6.91. The number of thioether (sulfide) groups is 1. The SMILES string of the molecule is NC(=O)CSc1nnc(-c2c[nH]c3ccccc23)o1. The highest BCUT2D eigenvalue weighted by Gasteiger charge is 2.13. The molecule has 3 N–H and O–H groups in total. The number of para-hydroxylation sites is 1. The second-order valence-corrected chi connectivity index (χ2v) is 4.80. The Kier molecular flexibility index (Phi) is 2.96. The lowest BCUT2D eigenvalue weighted by Crippen LogP contribution is -2.12. The Labute approximate surface area is 112 Å². The van der Waals surface area contributed by atoms with Gasteiger partial charge in [0.25, 0.3) is 11.1 Å². The van der Waals surface area contributed by atoms with Crippen LogP contribution in [0, 0.1) is 0 Å². The predicted molar refractivity (Wildman–Crippen MR) is 71.5 cm³/mol. The maximum absolute atomic E-state index is 10.7. The second kappa shape index (κ2) is 4.77. The maximum atomic E-state index is 10.7. The highest BCUT2D eigenvalue weighted by Crippen LogP contribution is 2.29. The van der Waals surface area contributed by atoms with Gasteiger partial charge in [-0.25, -0.2) is 0 Å². The first-order chi connectivity index (χ1) is 9.24. The largest absolute Gasteiger partial charge is 0.411 e. The number of amides is 1. The van der Waals surface area contributed by atoms with E-state index in [1.165, 1.54) is 0 Å². The molecule has 0 bridgehead atoms. The van der Waals surface area contributed by atoms with Crippen molar-refractivity contribution in [3.63, 3.8) is 0 Å². The summed E-state index contributed by atoms with van der Waals surface area (Å²) < 4.78 is 5.50. The number of primary amides is 1. The number of hydrogen-bond acceptors (Lipinski definition) is 5. The molecule has 0 unspecified atom stereocenters. The van der Waals surface area contributed by atoms with Crippen LogP contribution in [0.15, 0.2) is 40.1 Å². The summed E-state index contributed by atoms with van der Waals surface area (Å²) in [5.74, 6) is 0.122. The van der Waals surface area contributed by atoms with Crippen LogP contribution >= 0.6 is 11.8 Å². The Morgan fingerprint density at radius 1 is 1.37 bits per heavy atom. The van der Waals surface area contributed by atoms with Gasteiger partial charge in [0.15, 0.2) is 0 Å². The smallest absolute Gasteiger partial charge is 0.277 e. The molecule has 0 radical (unpaired) electrons. The molecule has 2 heterocycles. The van der Waals surface area contributed by atoms with Gasteiger partial charge in [0, 0.05) is 17.1 Å². The van der Waals surface area contributed by atoms with Crippen molar-refractivity contribution in [2.24, 2.45) is 5.73 Å². The summed E-state index contributed by atoms with van der Waals surface area (Å²) in [6.45, 7) is 0. The summed E-state index contributed by atoms with van der Waals surface area (Å²) in [4.78, 5) is 13.8. The molecule has 0 fully saturated rings. The van der Waals surface area contributed by atoms with E-state index < -0.39 is 5.91 Å². The zero-order valence-electron chi connectivity index (χ0n) is 9.79. The second-order valence-electron chi connectivity index (χ2n) is 3.88. The molecule has 7 heteroatoms. The molecule has 6 nitrogen and oxygen atoms in total. The Hall–Kier alpha value is -2.28. The molecule has 0 atom stereocenters. The van der Waals surface area contributed by atoms with Crippen molar-refractivity contribution in [1.82, 2.24) is 15.2 Å². The van der Waals surface area contributed by atoms with Gasteiger partial charge in [-0.3, -0.25) is 4.79 Å². The van der Waals surface area contributed by atoms with Gasteiger partial charge in [-0.1, -0.05) is 30.0 Å². The van der Waals surface area contributed by atoms with E-state index in [9.17, 15) is 4.79 Å². The number of H-pyrrole nitrogens is 1. The molecular weight excluding hydrogens is 264 g/mol. The lowest BCUT2D eigenvalue weighted by molar-refractivity contribution is -0.115. The number of fused-ring (bicyclic) bond motifs is 1. The Bertz CT molecular complexity index is 734. The van der Waals surface area contributed by atoms with E-state index in [0.29, 0.717) is 11.1 Å². The molecule has 0 aliphatic heterocycles. The normalized spacial score (nSPS) is 10.9. The third-order valence-electron chi connectivity index (χ3n) is 2.56. The van der Waals surface area contributed by atoms with E-state index >= 15 is 0 Å². The summed E-state index contributed by atoms with van der Waals surface area (Å²) in [5, 5.41) is 9.20. The maximum Gasteiger partial charge on any atom is 0.277 e. The molecule has 0 aliphatic rings. The minimum Gasteiger partial charge on any atom is -0.411 e. The molecule has 1 aromatic carbocycles. The van der Waals surface area contributed by atoms with Crippen molar-refractivity contribution >= 4 is 28.6 Å². The standard InChI is InChI=1S/C12H10N4O2S/c13-10(17)6-19-12-16-15-11(18-12)8-5-14-9-4-2-1-3-7(8)9/h1-5,14H,6H2,(H2,13,17). The number of rotatable bonds is 4. The fourth-order valence-corrected chi connectivity index (χ4v) is 2.26. The summed E-state index contributed by atoms with van der Waals surface area (Å²) >= 11 is 1.13. The lowest BCUT2D eigenvalue weighted by atomic mass is 10.2. The van der Waals surface area contributed by atoms with Crippen LogP contribution in [0.4, 0.5) is 0 Å². The third-order valence-corrected chi connectivity index (χ3v) is 3.40. The van der Waals surface area contributed by atoms with Gasteiger partial charge in [-0.05, 0) is 6.07 Å². The predicted octanol–water partition coefficient (Wildman–Crippen LogP) is 1.80. The highest BCUT2D eigenvalue weighted by atomic mass is 32.2. The molecule has 1 amide bonds. The average molecular weight is 274 g/mol. The number of nitrogens with two attached hydrogens (primary N) is 1. The van der Waals surface area contributed by atoms with Crippen molar-refractivity contribution in [2.45, 2.75) is 5.22 Å². The van der Waals surface area contributed by atoms with Crippen LogP contribution in [-0.2, 0) is 4.79 Å². The fourth-order valence-electron chi connectivity index (χ4n) is 1.76. The highest BCUT2D eigenvalue weighted by molar-refractivity contribution is 7.99. The third kappa shape index (κ3) is 2.32. The topological polar surface area (TPSA) is 97.8 Å². The molecule has 3 aromatic rings. The molecular formula is C12H10N4O2S. The van der Waals surface area contributed by atoms with Crippen molar-refractivity contribution in [1.29, 1.82) is 0 Å². The first kappa shape index (κ1) is 11.8. The molecule has 2 aromatic heterocycles. The van der Waals surface area contributed by atoms with Crippen LogP contribution in [0.2, 0.25) is 0 Å². The monoisotopic (exact) mass is 274 g/mol. The molecule has 19 heavy (non-hydrogen) atoms. The zero-order chi connectivity index (χ0) is 13.2. The van der Waals surface area contributed by atoms with Gasteiger partial charge >= 0.3 is 0 Å². The van der Waals surface area contributed by atoms with Crippen LogP contribution in [-0.4, -0.2) is 26.8 Å². The summed E-state index contributed by atoms with van der Waals surface area (Å²) in [6, 6.07) is 7.84. The van der Waals surface area contributed by atoms with Crippen molar-refractivity contribution in [3.05, 3.63) is 30.5 Å². The lowest BCUT2D eigenvalue weighted by Gasteiger charge is -1.92. The summed E-state index contributed by atoms with van der Waals surface area (Å²) in [7, 11) is 0. The Balaban J connectivity index is 1.92. The van der Waals surface area contributed by atoms with Crippen LogP contribution in [0.1, 0.15) is 0 Å². The number of benzene rings is 1. The number of carbonyl (C=O) groups excluding carboxylic acids is 1. The van der Waals surface area contributed by atoms with Gasteiger partial charge < -0.3 is 15.1 Å². The van der Waals surface area contributed by atoms with Gasteiger partial charge in [-0.2, -0.15) is 0 Å². The van der Waals surface area contributed by atoms with Crippen molar-refractivity contribution in [3.8, 4) is 11.5 Å². The molecule has 0 saturated carbocycles. The average Bonchev–Trinajstić information content (AvgIpc) is 3.02. The number of aromatic amines is 1. The van der Waals surface area contributed by atoms with Gasteiger partial charge in [0.1, 0.15) is 0 Å². The number of carbonyl (C=O) groups is 1. The fraction of sp³-hybridized carbons (Fsp3) is 0.0833. The van der Waals surface area contributed by atoms with Crippen LogP contribution in [0.5, 0.6) is 0 Å².